The second-order valence-corrected chi connectivity index (χ2v) is 2.96. The fourth-order valence-electron chi connectivity index (χ4n) is 1.22. The van der Waals surface area contributed by atoms with Crippen LogP contribution in [0.4, 0.5) is 0 Å². The standard InChI is InChI=1S/C8H11N5/c1-7-9-11-13(10-7)8-5-3-4-6-12(8)2/h3-6,8H,1-2H3. The van der Waals surface area contributed by atoms with Crippen LogP contribution < -0.4 is 0 Å². The quantitative estimate of drug-likeness (QED) is 0.626. The molecule has 68 valence electrons. The third-order valence-corrected chi connectivity index (χ3v) is 1.90. The van der Waals surface area contributed by atoms with Crippen molar-refractivity contribution in [2.45, 2.75) is 13.1 Å². The lowest BCUT2D eigenvalue weighted by Crippen LogP contribution is -2.26. The van der Waals surface area contributed by atoms with Crippen LogP contribution in [-0.2, 0) is 0 Å². The van der Waals surface area contributed by atoms with E-state index in [0.717, 1.165) is 0 Å². The first-order valence-corrected chi connectivity index (χ1v) is 4.10. The number of nitrogens with zero attached hydrogens (tertiary/aromatic N) is 5. The number of hydrogen-bond donors (Lipinski definition) is 0. The zero-order chi connectivity index (χ0) is 9.26. The van der Waals surface area contributed by atoms with E-state index >= 15 is 0 Å². The molecule has 1 aromatic heterocycles. The van der Waals surface area contributed by atoms with Crippen molar-refractivity contribution in [1.82, 2.24) is 25.1 Å². The summed E-state index contributed by atoms with van der Waals surface area (Å²) in [5.41, 5.74) is 0. The van der Waals surface area contributed by atoms with Gasteiger partial charge in [0.05, 0.1) is 0 Å². The number of hydrogen-bond acceptors (Lipinski definition) is 4. The summed E-state index contributed by atoms with van der Waals surface area (Å²) in [6, 6.07) is 0. The van der Waals surface area contributed by atoms with E-state index in [0.29, 0.717) is 5.82 Å². The third kappa shape index (κ3) is 1.44. The van der Waals surface area contributed by atoms with Gasteiger partial charge in [0.15, 0.2) is 12.0 Å². The molecule has 2 heterocycles. The molecule has 0 saturated carbocycles. The Balaban J connectivity index is 2.26. The maximum atomic E-state index is 4.15. The molecule has 1 aromatic rings. The minimum Gasteiger partial charge on any atom is -0.354 e. The van der Waals surface area contributed by atoms with Crippen LogP contribution in [0.15, 0.2) is 24.4 Å². The van der Waals surface area contributed by atoms with Gasteiger partial charge in [-0.15, -0.1) is 15.0 Å². The first kappa shape index (κ1) is 7.97. The SMILES string of the molecule is Cc1nnn(C2C=CC=CN2C)n1. The van der Waals surface area contributed by atoms with E-state index in [9.17, 15) is 0 Å². The number of aryl methyl sites for hydroxylation is 1. The number of likely N-dealkylation sites (N-methyl/N-ethyl adjacent to an activating group) is 1. The Bertz CT molecular complexity index is 351. The first-order valence-electron chi connectivity index (χ1n) is 4.10. The minimum absolute atomic E-state index is 0.0474. The van der Waals surface area contributed by atoms with Crippen LogP contribution in [-0.4, -0.2) is 32.2 Å². The molecule has 5 heteroatoms. The number of aromatic nitrogens is 4. The summed E-state index contributed by atoms with van der Waals surface area (Å²) in [5, 5.41) is 11.9. The predicted molar refractivity (Wildman–Crippen MR) is 47.6 cm³/mol. The largest absolute Gasteiger partial charge is 0.354 e. The molecule has 1 atom stereocenters. The van der Waals surface area contributed by atoms with E-state index in [-0.39, 0.29) is 6.17 Å². The van der Waals surface area contributed by atoms with Crippen LogP contribution in [0.3, 0.4) is 0 Å². The molecule has 0 bridgehead atoms. The maximum absolute atomic E-state index is 4.15. The third-order valence-electron chi connectivity index (χ3n) is 1.90. The van der Waals surface area contributed by atoms with Crippen molar-refractivity contribution in [1.29, 1.82) is 0 Å². The van der Waals surface area contributed by atoms with Gasteiger partial charge in [0.25, 0.3) is 0 Å². The van der Waals surface area contributed by atoms with Crippen molar-refractivity contribution in [3.8, 4) is 0 Å². The van der Waals surface area contributed by atoms with Crippen molar-refractivity contribution >= 4 is 0 Å². The van der Waals surface area contributed by atoms with Gasteiger partial charge in [0.2, 0.25) is 0 Å². The lowest BCUT2D eigenvalue weighted by Gasteiger charge is -2.24. The average molecular weight is 177 g/mol. The highest BCUT2D eigenvalue weighted by molar-refractivity contribution is 5.10. The molecule has 0 amide bonds. The molecule has 0 N–H and O–H groups in total. The summed E-state index contributed by atoms with van der Waals surface area (Å²) in [6.45, 7) is 1.83. The van der Waals surface area contributed by atoms with Crippen LogP contribution >= 0.6 is 0 Å². The molecular formula is C8H11N5. The molecule has 13 heavy (non-hydrogen) atoms. The van der Waals surface area contributed by atoms with Gasteiger partial charge in [-0.05, 0) is 24.3 Å². The highest BCUT2D eigenvalue weighted by atomic mass is 15.6. The Morgan fingerprint density at radius 1 is 1.38 bits per heavy atom. The predicted octanol–water partition coefficient (Wildman–Crippen LogP) is 0.495. The van der Waals surface area contributed by atoms with Crippen LogP contribution in [0, 0.1) is 6.92 Å². The van der Waals surface area contributed by atoms with E-state index in [1.807, 2.05) is 43.3 Å². The lowest BCUT2D eigenvalue weighted by molar-refractivity contribution is 0.250. The minimum atomic E-state index is 0.0474. The molecule has 5 nitrogen and oxygen atoms in total. The molecule has 0 fully saturated rings. The normalized spacial score (nSPS) is 21.1. The first-order chi connectivity index (χ1) is 6.27. The zero-order valence-electron chi connectivity index (χ0n) is 7.62. The number of allylic oxidation sites excluding steroid dienone is 2. The summed E-state index contributed by atoms with van der Waals surface area (Å²) in [7, 11) is 1.98. The molecule has 1 aliphatic rings. The van der Waals surface area contributed by atoms with E-state index in [2.05, 4.69) is 15.4 Å². The van der Waals surface area contributed by atoms with Gasteiger partial charge < -0.3 is 4.90 Å². The topological polar surface area (TPSA) is 46.8 Å². The van der Waals surface area contributed by atoms with E-state index in [1.165, 1.54) is 0 Å². The van der Waals surface area contributed by atoms with Gasteiger partial charge in [-0.2, -0.15) is 0 Å². The van der Waals surface area contributed by atoms with Crippen molar-refractivity contribution in [3.05, 3.63) is 30.3 Å². The Labute approximate surface area is 76.3 Å². The van der Waals surface area contributed by atoms with Crippen molar-refractivity contribution in [3.63, 3.8) is 0 Å². The molecule has 0 saturated heterocycles. The van der Waals surface area contributed by atoms with Gasteiger partial charge >= 0.3 is 0 Å². The maximum Gasteiger partial charge on any atom is 0.171 e. The molecule has 0 aliphatic carbocycles. The molecule has 1 unspecified atom stereocenters. The summed E-state index contributed by atoms with van der Waals surface area (Å²) >= 11 is 0. The summed E-state index contributed by atoms with van der Waals surface area (Å²) in [6.07, 6.45) is 7.99. The highest BCUT2D eigenvalue weighted by Gasteiger charge is 2.14. The average Bonchev–Trinajstić information content (AvgIpc) is 2.53. The van der Waals surface area contributed by atoms with Crippen LogP contribution in [0.5, 0.6) is 0 Å². The number of rotatable bonds is 1. The molecule has 2 rings (SSSR count). The Morgan fingerprint density at radius 2 is 2.23 bits per heavy atom. The van der Waals surface area contributed by atoms with E-state index in [4.69, 9.17) is 0 Å². The Hall–Kier alpha value is -1.65. The lowest BCUT2D eigenvalue weighted by atomic mass is 10.3. The summed E-state index contributed by atoms with van der Waals surface area (Å²) in [4.78, 5) is 3.61. The van der Waals surface area contributed by atoms with E-state index < -0.39 is 0 Å². The number of tetrazole rings is 1. The fourth-order valence-corrected chi connectivity index (χ4v) is 1.22. The monoisotopic (exact) mass is 177 g/mol. The van der Waals surface area contributed by atoms with Crippen molar-refractivity contribution in [2.24, 2.45) is 0 Å². The molecule has 1 aliphatic heterocycles. The molecule has 0 radical (unpaired) electrons. The van der Waals surface area contributed by atoms with Gasteiger partial charge in [-0.1, -0.05) is 6.08 Å². The smallest absolute Gasteiger partial charge is 0.171 e. The van der Waals surface area contributed by atoms with Crippen LogP contribution in [0.2, 0.25) is 0 Å². The summed E-state index contributed by atoms with van der Waals surface area (Å²) < 4.78 is 0. The molecular weight excluding hydrogens is 166 g/mol. The fraction of sp³-hybridized carbons (Fsp3) is 0.375. The van der Waals surface area contributed by atoms with Crippen LogP contribution in [0.25, 0.3) is 0 Å². The zero-order valence-corrected chi connectivity index (χ0v) is 7.62. The van der Waals surface area contributed by atoms with E-state index in [1.54, 1.807) is 4.80 Å². The van der Waals surface area contributed by atoms with Gasteiger partial charge in [-0.25, -0.2) is 0 Å². The second kappa shape index (κ2) is 3.01. The van der Waals surface area contributed by atoms with Crippen LogP contribution in [0.1, 0.15) is 12.0 Å². The Morgan fingerprint density at radius 3 is 2.85 bits per heavy atom. The highest BCUT2D eigenvalue weighted by Crippen LogP contribution is 2.14. The Kier molecular flexibility index (Phi) is 1.84. The van der Waals surface area contributed by atoms with Gasteiger partial charge in [0, 0.05) is 13.2 Å². The molecule has 0 aromatic carbocycles. The van der Waals surface area contributed by atoms with Crippen molar-refractivity contribution in [2.75, 3.05) is 7.05 Å². The second-order valence-electron chi connectivity index (χ2n) is 2.96. The van der Waals surface area contributed by atoms with Gasteiger partial charge in [-0.3, -0.25) is 0 Å². The van der Waals surface area contributed by atoms with Crippen molar-refractivity contribution < 1.29 is 0 Å². The summed E-state index contributed by atoms with van der Waals surface area (Å²) in [5.74, 6) is 0.691. The molecule has 0 spiro atoms. The van der Waals surface area contributed by atoms with Gasteiger partial charge in [0.1, 0.15) is 0 Å².